The maximum Gasteiger partial charge on any atom is 0.254 e. The molecule has 1 fully saturated rings. The first-order valence-corrected chi connectivity index (χ1v) is 7.60. The molecule has 5 heteroatoms. The molecule has 0 aliphatic carbocycles. The smallest absolute Gasteiger partial charge is 0.254 e. The van der Waals surface area contributed by atoms with Crippen LogP contribution < -0.4 is 0 Å². The first-order valence-electron chi connectivity index (χ1n) is 7.60. The van der Waals surface area contributed by atoms with Crippen molar-refractivity contribution >= 4 is 5.91 Å². The Labute approximate surface area is 130 Å². The summed E-state index contributed by atoms with van der Waals surface area (Å²) >= 11 is 0. The summed E-state index contributed by atoms with van der Waals surface area (Å²) in [5.74, 6) is 0.0820. The molecule has 5 nitrogen and oxygen atoms in total. The van der Waals surface area contributed by atoms with Crippen LogP contribution in [0.4, 0.5) is 0 Å². The third-order valence-electron chi connectivity index (χ3n) is 3.91. The normalized spacial score (nSPS) is 15.1. The Balaban J connectivity index is 1.77. The van der Waals surface area contributed by atoms with Gasteiger partial charge in [0.1, 0.15) is 0 Å². The van der Waals surface area contributed by atoms with Crippen LogP contribution in [0.15, 0.2) is 30.3 Å². The predicted molar refractivity (Wildman–Crippen MR) is 84.0 cm³/mol. The van der Waals surface area contributed by atoms with Gasteiger partial charge in [-0.05, 0) is 37.6 Å². The second-order valence-electron chi connectivity index (χ2n) is 5.69. The number of rotatable bonds is 3. The summed E-state index contributed by atoms with van der Waals surface area (Å²) in [7, 11) is 0. The van der Waals surface area contributed by atoms with E-state index in [0.29, 0.717) is 32.8 Å². The van der Waals surface area contributed by atoms with Crippen molar-refractivity contribution in [1.82, 2.24) is 14.7 Å². The van der Waals surface area contributed by atoms with Crippen LogP contribution in [0.25, 0.3) is 0 Å². The number of carbonyl (C=O) groups excluding carboxylic acids is 1. The van der Waals surface area contributed by atoms with E-state index in [9.17, 15) is 4.79 Å². The number of nitrogens with zero attached hydrogens (tertiary/aromatic N) is 3. The number of benzene rings is 1. The molecule has 1 aromatic heterocycles. The zero-order valence-electron chi connectivity index (χ0n) is 13.1. The Kier molecular flexibility index (Phi) is 4.24. The highest BCUT2D eigenvalue weighted by Crippen LogP contribution is 2.12. The zero-order chi connectivity index (χ0) is 15.5. The molecule has 0 saturated carbocycles. The van der Waals surface area contributed by atoms with Gasteiger partial charge in [0.2, 0.25) is 0 Å². The summed E-state index contributed by atoms with van der Waals surface area (Å²) in [6.07, 6.45) is 0. The van der Waals surface area contributed by atoms with Gasteiger partial charge in [-0.1, -0.05) is 12.1 Å². The number of amides is 1. The van der Waals surface area contributed by atoms with E-state index in [4.69, 9.17) is 4.74 Å². The molecule has 116 valence electrons. The molecule has 2 heterocycles. The molecule has 0 bridgehead atoms. The molecule has 3 rings (SSSR count). The minimum atomic E-state index is 0.0820. The third-order valence-corrected chi connectivity index (χ3v) is 3.91. The first kappa shape index (κ1) is 14.8. The summed E-state index contributed by atoms with van der Waals surface area (Å²) in [5, 5.41) is 4.47. The van der Waals surface area contributed by atoms with Crippen molar-refractivity contribution in [2.24, 2.45) is 0 Å². The van der Waals surface area contributed by atoms with Crippen LogP contribution in [0.1, 0.15) is 27.3 Å². The van der Waals surface area contributed by atoms with E-state index in [2.05, 4.69) is 11.2 Å². The number of ether oxygens (including phenoxy) is 1. The van der Waals surface area contributed by atoms with E-state index < -0.39 is 0 Å². The van der Waals surface area contributed by atoms with Crippen molar-refractivity contribution in [3.63, 3.8) is 0 Å². The van der Waals surface area contributed by atoms with Crippen molar-refractivity contribution in [2.75, 3.05) is 26.3 Å². The molecule has 0 spiro atoms. The number of carbonyl (C=O) groups is 1. The number of hydrogen-bond donors (Lipinski definition) is 0. The molecule has 2 aromatic rings. The van der Waals surface area contributed by atoms with Crippen LogP contribution in [0, 0.1) is 13.8 Å². The van der Waals surface area contributed by atoms with E-state index in [0.717, 1.165) is 22.5 Å². The largest absolute Gasteiger partial charge is 0.378 e. The molecule has 0 N–H and O–H groups in total. The maximum absolute atomic E-state index is 12.5. The maximum atomic E-state index is 12.5. The number of morpholine rings is 1. The Morgan fingerprint density at radius 2 is 2.00 bits per heavy atom. The lowest BCUT2D eigenvalue weighted by molar-refractivity contribution is 0.0303. The van der Waals surface area contributed by atoms with Crippen molar-refractivity contribution in [3.8, 4) is 0 Å². The summed E-state index contributed by atoms with van der Waals surface area (Å²) in [5.41, 5.74) is 3.96. The Bertz CT molecular complexity index is 672. The van der Waals surface area contributed by atoms with Crippen molar-refractivity contribution < 1.29 is 9.53 Å². The molecule has 1 saturated heterocycles. The van der Waals surface area contributed by atoms with E-state index in [-0.39, 0.29) is 5.91 Å². The molecular formula is C17H21N3O2. The highest BCUT2D eigenvalue weighted by molar-refractivity contribution is 5.94. The molecule has 0 atom stereocenters. The van der Waals surface area contributed by atoms with Gasteiger partial charge in [0, 0.05) is 24.3 Å². The van der Waals surface area contributed by atoms with Crippen LogP contribution in [0.3, 0.4) is 0 Å². The predicted octanol–water partition coefficient (Wildman–Crippen LogP) is 2.02. The van der Waals surface area contributed by atoms with Crippen LogP contribution in [0.5, 0.6) is 0 Å². The molecule has 0 radical (unpaired) electrons. The van der Waals surface area contributed by atoms with Gasteiger partial charge in [0.25, 0.3) is 5.91 Å². The SMILES string of the molecule is Cc1cc(C)n(Cc2cccc(C(=O)N3CCOCC3)c2)n1. The van der Waals surface area contributed by atoms with Gasteiger partial charge >= 0.3 is 0 Å². The monoisotopic (exact) mass is 299 g/mol. The molecule has 1 amide bonds. The summed E-state index contributed by atoms with van der Waals surface area (Å²) in [6.45, 7) is 7.30. The molecular weight excluding hydrogens is 278 g/mol. The van der Waals surface area contributed by atoms with E-state index in [1.165, 1.54) is 0 Å². The quantitative estimate of drug-likeness (QED) is 0.871. The van der Waals surface area contributed by atoms with Gasteiger partial charge < -0.3 is 9.64 Å². The third kappa shape index (κ3) is 3.20. The lowest BCUT2D eigenvalue weighted by Crippen LogP contribution is -2.40. The van der Waals surface area contributed by atoms with Gasteiger partial charge in [-0.3, -0.25) is 9.48 Å². The second-order valence-corrected chi connectivity index (χ2v) is 5.69. The van der Waals surface area contributed by atoms with E-state index >= 15 is 0 Å². The fourth-order valence-electron chi connectivity index (χ4n) is 2.76. The fourth-order valence-corrected chi connectivity index (χ4v) is 2.76. The van der Waals surface area contributed by atoms with E-state index in [1.807, 2.05) is 47.7 Å². The molecule has 22 heavy (non-hydrogen) atoms. The van der Waals surface area contributed by atoms with Gasteiger partial charge in [0.15, 0.2) is 0 Å². The highest BCUT2D eigenvalue weighted by Gasteiger charge is 2.18. The molecule has 0 unspecified atom stereocenters. The lowest BCUT2D eigenvalue weighted by Gasteiger charge is -2.27. The summed E-state index contributed by atoms with van der Waals surface area (Å²) in [4.78, 5) is 14.4. The molecule has 1 aliphatic rings. The Morgan fingerprint density at radius 3 is 2.68 bits per heavy atom. The standard InChI is InChI=1S/C17H21N3O2/c1-13-10-14(2)20(18-13)12-15-4-3-5-16(11-15)17(21)19-6-8-22-9-7-19/h3-5,10-11H,6-9,12H2,1-2H3. The Morgan fingerprint density at radius 1 is 1.23 bits per heavy atom. The van der Waals surface area contributed by atoms with Gasteiger partial charge in [-0.15, -0.1) is 0 Å². The molecule has 1 aliphatic heterocycles. The number of aromatic nitrogens is 2. The highest BCUT2D eigenvalue weighted by atomic mass is 16.5. The number of hydrogen-bond acceptors (Lipinski definition) is 3. The minimum absolute atomic E-state index is 0.0820. The van der Waals surface area contributed by atoms with Crippen molar-refractivity contribution in [1.29, 1.82) is 0 Å². The minimum Gasteiger partial charge on any atom is -0.378 e. The van der Waals surface area contributed by atoms with Crippen LogP contribution in [-0.2, 0) is 11.3 Å². The topological polar surface area (TPSA) is 47.4 Å². The molecule has 1 aromatic carbocycles. The lowest BCUT2D eigenvalue weighted by atomic mass is 10.1. The van der Waals surface area contributed by atoms with Crippen LogP contribution >= 0.6 is 0 Å². The second kappa shape index (κ2) is 6.32. The van der Waals surface area contributed by atoms with Crippen LogP contribution in [0.2, 0.25) is 0 Å². The van der Waals surface area contributed by atoms with Gasteiger partial charge in [-0.25, -0.2) is 0 Å². The first-order chi connectivity index (χ1) is 10.6. The zero-order valence-corrected chi connectivity index (χ0v) is 13.1. The van der Waals surface area contributed by atoms with Gasteiger partial charge in [-0.2, -0.15) is 5.10 Å². The van der Waals surface area contributed by atoms with Gasteiger partial charge in [0.05, 0.1) is 25.5 Å². The van der Waals surface area contributed by atoms with E-state index in [1.54, 1.807) is 0 Å². The number of aryl methyl sites for hydroxylation is 2. The average molecular weight is 299 g/mol. The average Bonchev–Trinajstić information content (AvgIpc) is 2.85. The van der Waals surface area contributed by atoms with Crippen molar-refractivity contribution in [3.05, 3.63) is 52.8 Å². The summed E-state index contributed by atoms with van der Waals surface area (Å²) < 4.78 is 7.26. The Hall–Kier alpha value is -2.14. The summed E-state index contributed by atoms with van der Waals surface area (Å²) in [6, 6.07) is 9.88. The van der Waals surface area contributed by atoms with Crippen LogP contribution in [-0.4, -0.2) is 46.9 Å². The van der Waals surface area contributed by atoms with Crippen molar-refractivity contribution in [2.45, 2.75) is 20.4 Å². The fraction of sp³-hybridized carbons (Fsp3) is 0.412.